The molecule has 1 atom stereocenters. The predicted octanol–water partition coefficient (Wildman–Crippen LogP) is 5.68. The van der Waals surface area contributed by atoms with Crippen molar-refractivity contribution in [2.75, 3.05) is 5.32 Å². The fraction of sp³-hybridized carbons (Fsp3) is 0.0952. The second-order valence-electron chi connectivity index (χ2n) is 6.63. The van der Waals surface area contributed by atoms with Crippen molar-refractivity contribution in [3.05, 3.63) is 81.2 Å². The van der Waals surface area contributed by atoms with Gasteiger partial charge in [0.15, 0.2) is 11.0 Å². The van der Waals surface area contributed by atoms with Crippen LogP contribution in [0.3, 0.4) is 0 Å². The van der Waals surface area contributed by atoms with Crippen LogP contribution in [0.5, 0.6) is 0 Å². The number of carbonyl (C=O) groups is 1. The van der Waals surface area contributed by atoms with Gasteiger partial charge in [-0.3, -0.25) is 19.5 Å². The van der Waals surface area contributed by atoms with E-state index in [2.05, 4.69) is 15.5 Å². The summed E-state index contributed by atoms with van der Waals surface area (Å²) >= 11 is 8.89. The van der Waals surface area contributed by atoms with Crippen LogP contribution in [-0.2, 0) is 4.79 Å². The summed E-state index contributed by atoms with van der Waals surface area (Å²) in [6.45, 7) is 1.72. The van der Waals surface area contributed by atoms with E-state index in [1.165, 1.54) is 30.0 Å². The van der Waals surface area contributed by atoms with Crippen LogP contribution >= 0.6 is 34.7 Å². The summed E-state index contributed by atoms with van der Waals surface area (Å²) in [5.74, 6) is 0.320. The lowest BCUT2D eigenvalue weighted by molar-refractivity contribution is -0.384. The van der Waals surface area contributed by atoms with Gasteiger partial charge in [-0.1, -0.05) is 47.6 Å². The molecule has 0 radical (unpaired) electrons. The standard InChI is InChI=1S/C21H16ClN5O3S2/c1-13(20(28)23-17-12-15(27(29)30)9-10-16(17)22)32-21-25-24-19(18-8-5-11-31-18)26(21)14-6-3-2-4-7-14/h2-13H,1H3,(H,23,28)/t13-/m1/s1. The molecule has 4 rings (SSSR count). The Morgan fingerprint density at radius 2 is 1.97 bits per heavy atom. The van der Waals surface area contributed by atoms with Gasteiger partial charge in [-0.05, 0) is 36.6 Å². The number of para-hydroxylation sites is 1. The number of thioether (sulfide) groups is 1. The van der Waals surface area contributed by atoms with E-state index in [1.54, 1.807) is 18.3 Å². The number of anilines is 1. The molecule has 0 saturated heterocycles. The van der Waals surface area contributed by atoms with Crippen molar-refractivity contribution >= 4 is 52.0 Å². The Bertz CT molecular complexity index is 1260. The highest BCUT2D eigenvalue weighted by Gasteiger charge is 2.23. The van der Waals surface area contributed by atoms with Crippen molar-refractivity contribution in [2.45, 2.75) is 17.3 Å². The monoisotopic (exact) mass is 485 g/mol. The van der Waals surface area contributed by atoms with Gasteiger partial charge in [-0.15, -0.1) is 21.5 Å². The Labute approximate surface area is 196 Å². The summed E-state index contributed by atoms with van der Waals surface area (Å²) in [4.78, 5) is 24.3. The van der Waals surface area contributed by atoms with Crippen molar-refractivity contribution in [2.24, 2.45) is 0 Å². The third-order valence-electron chi connectivity index (χ3n) is 4.46. The molecule has 8 nitrogen and oxygen atoms in total. The number of nitro groups is 1. The molecule has 0 bridgehead atoms. The number of aromatic nitrogens is 3. The molecule has 162 valence electrons. The second kappa shape index (κ2) is 9.51. The number of nitrogens with one attached hydrogen (secondary N) is 1. The van der Waals surface area contributed by atoms with Crippen molar-refractivity contribution in [1.29, 1.82) is 0 Å². The van der Waals surface area contributed by atoms with Crippen LogP contribution in [0.15, 0.2) is 71.2 Å². The lowest BCUT2D eigenvalue weighted by Crippen LogP contribution is -2.23. The summed E-state index contributed by atoms with van der Waals surface area (Å²) < 4.78 is 1.90. The molecule has 2 heterocycles. The lowest BCUT2D eigenvalue weighted by Gasteiger charge is -2.14. The van der Waals surface area contributed by atoms with Gasteiger partial charge in [-0.2, -0.15) is 0 Å². The van der Waals surface area contributed by atoms with Crippen LogP contribution < -0.4 is 5.32 Å². The first-order chi connectivity index (χ1) is 15.4. The maximum absolute atomic E-state index is 12.8. The molecule has 1 amide bonds. The minimum Gasteiger partial charge on any atom is -0.324 e. The highest BCUT2D eigenvalue weighted by atomic mass is 35.5. The third kappa shape index (κ3) is 4.67. The number of thiophene rings is 1. The number of halogens is 1. The highest BCUT2D eigenvalue weighted by Crippen LogP contribution is 2.33. The zero-order valence-corrected chi connectivity index (χ0v) is 19.0. The van der Waals surface area contributed by atoms with Crippen LogP contribution in [0.25, 0.3) is 16.4 Å². The predicted molar refractivity (Wildman–Crippen MR) is 127 cm³/mol. The summed E-state index contributed by atoms with van der Waals surface area (Å²) in [6, 6.07) is 17.4. The molecule has 4 aromatic rings. The Kier molecular flexibility index (Phi) is 6.54. The maximum Gasteiger partial charge on any atom is 0.271 e. The average molecular weight is 486 g/mol. The zero-order chi connectivity index (χ0) is 22.7. The molecule has 1 N–H and O–H groups in total. The maximum atomic E-state index is 12.8. The first-order valence-electron chi connectivity index (χ1n) is 9.40. The molecule has 0 spiro atoms. The molecule has 0 fully saturated rings. The number of hydrogen-bond acceptors (Lipinski definition) is 7. The van der Waals surface area contributed by atoms with Gasteiger partial charge in [0.05, 0.1) is 25.8 Å². The second-order valence-corrected chi connectivity index (χ2v) is 9.29. The van der Waals surface area contributed by atoms with Gasteiger partial charge in [0.25, 0.3) is 5.69 Å². The average Bonchev–Trinajstić information content (AvgIpc) is 3.45. The van der Waals surface area contributed by atoms with Crippen LogP contribution in [0.4, 0.5) is 11.4 Å². The van der Waals surface area contributed by atoms with E-state index < -0.39 is 10.2 Å². The van der Waals surface area contributed by atoms with E-state index in [-0.39, 0.29) is 22.3 Å². The van der Waals surface area contributed by atoms with E-state index in [0.717, 1.165) is 10.6 Å². The molecule has 2 aromatic heterocycles. The number of amides is 1. The molecular weight excluding hydrogens is 470 g/mol. The fourth-order valence-electron chi connectivity index (χ4n) is 2.89. The summed E-state index contributed by atoms with van der Waals surface area (Å²) in [5.41, 5.74) is 0.897. The number of rotatable bonds is 7. The lowest BCUT2D eigenvalue weighted by atomic mass is 10.2. The molecular formula is C21H16ClN5O3S2. The molecule has 0 aliphatic carbocycles. The Morgan fingerprint density at radius 1 is 1.19 bits per heavy atom. The SMILES string of the molecule is C[C@@H](Sc1nnc(-c2cccs2)n1-c1ccccc1)C(=O)Nc1cc([N+](=O)[O-])ccc1Cl. The van der Waals surface area contributed by atoms with Gasteiger partial charge in [0.1, 0.15) is 0 Å². The van der Waals surface area contributed by atoms with Crippen molar-refractivity contribution < 1.29 is 9.72 Å². The third-order valence-corrected chi connectivity index (χ3v) is 6.70. The number of benzene rings is 2. The van der Waals surface area contributed by atoms with Gasteiger partial charge in [0, 0.05) is 17.8 Å². The van der Waals surface area contributed by atoms with Crippen LogP contribution in [0.2, 0.25) is 5.02 Å². The topological polar surface area (TPSA) is 103 Å². The van der Waals surface area contributed by atoms with Gasteiger partial charge < -0.3 is 5.32 Å². The Hall–Kier alpha value is -3.21. The van der Waals surface area contributed by atoms with E-state index >= 15 is 0 Å². The van der Waals surface area contributed by atoms with E-state index in [4.69, 9.17) is 11.6 Å². The summed E-state index contributed by atoms with van der Waals surface area (Å²) in [5, 5.41) is 24.5. The summed E-state index contributed by atoms with van der Waals surface area (Å²) in [6.07, 6.45) is 0. The molecule has 32 heavy (non-hydrogen) atoms. The minimum absolute atomic E-state index is 0.158. The number of carbonyl (C=O) groups excluding carboxylic acids is 1. The molecule has 11 heteroatoms. The largest absolute Gasteiger partial charge is 0.324 e. The fourth-order valence-corrected chi connectivity index (χ4v) is 4.62. The quantitative estimate of drug-likeness (QED) is 0.205. The van der Waals surface area contributed by atoms with E-state index in [0.29, 0.717) is 11.0 Å². The van der Waals surface area contributed by atoms with E-state index in [9.17, 15) is 14.9 Å². The zero-order valence-electron chi connectivity index (χ0n) is 16.6. The van der Waals surface area contributed by atoms with Crippen LogP contribution in [-0.4, -0.2) is 30.8 Å². The van der Waals surface area contributed by atoms with Gasteiger partial charge in [0.2, 0.25) is 5.91 Å². The Balaban J connectivity index is 1.60. The smallest absolute Gasteiger partial charge is 0.271 e. The van der Waals surface area contributed by atoms with Crippen molar-refractivity contribution in [1.82, 2.24) is 14.8 Å². The van der Waals surface area contributed by atoms with Gasteiger partial charge in [-0.25, -0.2) is 0 Å². The number of non-ortho nitro benzene ring substituents is 1. The van der Waals surface area contributed by atoms with E-state index in [1.807, 2.05) is 52.4 Å². The first-order valence-corrected chi connectivity index (χ1v) is 11.5. The molecule has 0 unspecified atom stereocenters. The number of nitro benzene ring substituents is 1. The number of hydrogen-bond donors (Lipinski definition) is 1. The minimum atomic E-state index is -0.576. The Morgan fingerprint density at radius 3 is 2.66 bits per heavy atom. The van der Waals surface area contributed by atoms with Crippen LogP contribution in [0.1, 0.15) is 6.92 Å². The van der Waals surface area contributed by atoms with Crippen LogP contribution in [0, 0.1) is 10.1 Å². The van der Waals surface area contributed by atoms with Crippen molar-refractivity contribution in [3.8, 4) is 16.4 Å². The molecule has 0 aliphatic rings. The number of nitrogens with zero attached hydrogens (tertiary/aromatic N) is 4. The van der Waals surface area contributed by atoms with Gasteiger partial charge >= 0.3 is 0 Å². The van der Waals surface area contributed by atoms with Crippen molar-refractivity contribution in [3.63, 3.8) is 0 Å². The molecule has 2 aromatic carbocycles. The first kappa shape index (κ1) is 22.0. The normalized spacial score (nSPS) is 11.8. The molecule has 0 saturated carbocycles. The summed E-state index contributed by atoms with van der Waals surface area (Å²) in [7, 11) is 0. The highest BCUT2D eigenvalue weighted by molar-refractivity contribution is 8.00. The molecule has 0 aliphatic heterocycles.